The highest BCUT2D eigenvalue weighted by atomic mass is 32.2. The van der Waals surface area contributed by atoms with E-state index in [1.54, 1.807) is 29.2 Å². The zero-order valence-corrected chi connectivity index (χ0v) is 22.8. The molecule has 5 rings (SSSR count). The number of nitrogens with zero attached hydrogens (tertiary/aromatic N) is 4. The smallest absolute Gasteiger partial charge is 0.260 e. The van der Waals surface area contributed by atoms with Crippen LogP contribution in [0.5, 0.6) is 0 Å². The minimum atomic E-state index is -3.62. The van der Waals surface area contributed by atoms with E-state index in [4.69, 9.17) is 4.74 Å². The van der Waals surface area contributed by atoms with Gasteiger partial charge < -0.3 is 14.5 Å². The minimum Gasteiger partial charge on any atom is -0.384 e. The van der Waals surface area contributed by atoms with Crippen molar-refractivity contribution in [2.24, 2.45) is 5.41 Å². The van der Waals surface area contributed by atoms with Crippen LogP contribution in [0.15, 0.2) is 30.5 Å². The molecule has 2 aromatic rings. The highest BCUT2D eigenvalue weighted by molar-refractivity contribution is 7.92. The van der Waals surface area contributed by atoms with Gasteiger partial charge in [-0.3, -0.25) is 14.8 Å². The summed E-state index contributed by atoms with van der Waals surface area (Å²) in [4.78, 5) is 25.9. The van der Waals surface area contributed by atoms with Crippen molar-refractivity contribution in [3.8, 4) is 0 Å². The SMILES string of the molecule is COCCS(=O)(=O)Nc1ccc(C(=O)Nc2nccc(N3CCC(F)(F)CC3)n2)c(N2CCC3(CC2)CC3)c1. The minimum absolute atomic E-state index is 0.0653. The van der Waals surface area contributed by atoms with E-state index in [0.717, 1.165) is 25.9 Å². The molecule has 1 spiro atoms. The fourth-order valence-corrected chi connectivity index (χ4v) is 6.16. The zero-order chi connectivity index (χ0) is 27.7. The van der Waals surface area contributed by atoms with E-state index in [2.05, 4.69) is 24.9 Å². The van der Waals surface area contributed by atoms with Gasteiger partial charge in [-0.1, -0.05) is 0 Å². The number of hydrogen-bond acceptors (Lipinski definition) is 8. The molecule has 1 aromatic heterocycles. The number of amides is 1. The molecule has 0 unspecified atom stereocenters. The maximum Gasteiger partial charge on any atom is 0.260 e. The molecule has 2 N–H and O–H groups in total. The molecule has 0 radical (unpaired) electrons. The van der Waals surface area contributed by atoms with Crippen LogP contribution in [-0.4, -0.2) is 75.9 Å². The molecular weight excluding hydrogens is 530 g/mol. The standard InChI is InChI=1S/C26H34F2N6O4S/c1-38-16-17-39(36,37)32-19-2-3-20(21(18-19)33-12-7-25(5-6-25)8-13-33)23(35)31-24-29-11-4-22(30-24)34-14-9-26(27,28)10-15-34/h2-4,11,18,32H,5-10,12-17H2,1H3,(H,29,30,31,35). The second-order valence-corrected chi connectivity index (χ2v) is 12.5. The van der Waals surface area contributed by atoms with Crippen LogP contribution in [0.1, 0.15) is 48.9 Å². The van der Waals surface area contributed by atoms with Gasteiger partial charge in [0.05, 0.1) is 29.3 Å². The van der Waals surface area contributed by atoms with Crippen molar-refractivity contribution in [3.05, 3.63) is 36.0 Å². The summed E-state index contributed by atoms with van der Waals surface area (Å²) in [6.45, 7) is 1.94. The molecule has 1 amide bonds. The summed E-state index contributed by atoms with van der Waals surface area (Å²) in [7, 11) is -2.18. The number of benzene rings is 1. The number of nitrogens with one attached hydrogen (secondary N) is 2. The van der Waals surface area contributed by atoms with E-state index in [9.17, 15) is 22.0 Å². The number of aromatic nitrogens is 2. The Kier molecular flexibility index (Phi) is 7.64. The summed E-state index contributed by atoms with van der Waals surface area (Å²) in [5.74, 6) is -2.75. The monoisotopic (exact) mass is 564 g/mol. The first-order valence-corrected chi connectivity index (χ1v) is 14.9. The lowest BCUT2D eigenvalue weighted by Crippen LogP contribution is -2.39. The van der Waals surface area contributed by atoms with Gasteiger partial charge in [-0.15, -0.1) is 0 Å². The number of hydrogen-bond donors (Lipinski definition) is 2. The van der Waals surface area contributed by atoms with Gasteiger partial charge in [0, 0.05) is 52.3 Å². The number of ether oxygens (including phenoxy) is 1. The first-order valence-electron chi connectivity index (χ1n) is 13.2. The Morgan fingerprint density at radius 3 is 2.38 bits per heavy atom. The molecule has 3 heterocycles. The molecule has 2 saturated heterocycles. The molecular formula is C26H34F2N6O4S. The van der Waals surface area contributed by atoms with Gasteiger partial charge in [-0.2, -0.15) is 4.98 Å². The largest absolute Gasteiger partial charge is 0.384 e. The summed E-state index contributed by atoms with van der Waals surface area (Å²) in [5.41, 5.74) is 1.78. The van der Waals surface area contributed by atoms with Crippen LogP contribution in [0.4, 0.5) is 31.9 Å². The van der Waals surface area contributed by atoms with Crippen LogP contribution in [0.3, 0.4) is 0 Å². The van der Waals surface area contributed by atoms with Crippen LogP contribution < -0.4 is 19.8 Å². The Labute approximate surface area is 227 Å². The Balaban J connectivity index is 1.35. The fraction of sp³-hybridized carbons (Fsp3) is 0.577. The van der Waals surface area contributed by atoms with E-state index in [1.807, 2.05) is 0 Å². The Morgan fingerprint density at radius 2 is 1.72 bits per heavy atom. The van der Waals surface area contributed by atoms with Crippen molar-refractivity contribution in [2.75, 3.05) is 65.5 Å². The van der Waals surface area contributed by atoms with Crippen molar-refractivity contribution in [1.29, 1.82) is 0 Å². The molecule has 1 aliphatic carbocycles. The molecule has 212 valence electrons. The molecule has 1 saturated carbocycles. The lowest BCUT2D eigenvalue weighted by molar-refractivity contribution is -0.0221. The number of alkyl halides is 2. The first kappa shape index (κ1) is 27.5. The lowest BCUT2D eigenvalue weighted by atomic mass is 9.93. The van der Waals surface area contributed by atoms with Crippen LogP contribution in [0, 0.1) is 5.41 Å². The van der Waals surface area contributed by atoms with Gasteiger partial charge in [0.25, 0.3) is 11.8 Å². The average Bonchev–Trinajstić information content (AvgIpc) is 3.66. The second-order valence-electron chi connectivity index (χ2n) is 10.7. The van der Waals surface area contributed by atoms with Gasteiger partial charge in [0.1, 0.15) is 5.82 Å². The predicted molar refractivity (Wildman–Crippen MR) is 145 cm³/mol. The van der Waals surface area contributed by atoms with Crippen LogP contribution in [-0.2, 0) is 14.8 Å². The fourth-order valence-electron chi connectivity index (χ4n) is 5.19. The molecule has 1 aromatic carbocycles. The Morgan fingerprint density at radius 1 is 1.03 bits per heavy atom. The number of carbonyl (C=O) groups is 1. The van der Waals surface area contributed by atoms with Crippen molar-refractivity contribution in [2.45, 2.75) is 44.4 Å². The average molecular weight is 565 g/mol. The van der Waals surface area contributed by atoms with Crippen LogP contribution in [0.25, 0.3) is 0 Å². The first-order chi connectivity index (χ1) is 18.6. The molecule has 13 heteroatoms. The van der Waals surface area contributed by atoms with E-state index in [0.29, 0.717) is 28.2 Å². The normalized spacial score (nSPS) is 20.1. The highest BCUT2D eigenvalue weighted by Gasteiger charge is 2.44. The summed E-state index contributed by atoms with van der Waals surface area (Å²) in [6.07, 6.45) is 5.51. The predicted octanol–water partition coefficient (Wildman–Crippen LogP) is 3.73. The molecule has 2 aliphatic heterocycles. The Bertz CT molecular complexity index is 1300. The summed E-state index contributed by atoms with van der Waals surface area (Å²) in [6, 6.07) is 6.48. The third-order valence-corrected chi connectivity index (χ3v) is 9.13. The quantitative estimate of drug-likeness (QED) is 0.473. The van der Waals surface area contributed by atoms with Crippen molar-refractivity contribution < 1.29 is 26.7 Å². The van der Waals surface area contributed by atoms with E-state index >= 15 is 0 Å². The maximum atomic E-state index is 13.6. The third-order valence-electron chi connectivity index (χ3n) is 7.88. The van der Waals surface area contributed by atoms with Crippen LogP contribution >= 0.6 is 0 Å². The molecule has 3 aliphatic rings. The van der Waals surface area contributed by atoms with Gasteiger partial charge >= 0.3 is 0 Å². The molecule has 0 atom stereocenters. The molecule has 10 nitrogen and oxygen atoms in total. The summed E-state index contributed by atoms with van der Waals surface area (Å²) < 4.78 is 59.5. The van der Waals surface area contributed by atoms with E-state index in [-0.39, 0.29) is 44.2 Å². The number of halogens is 2. The number of methoxy groups -OCH3 is 1. The van der Waals surface area contributed by atoms with E-state index < -0.39 is 21.9 Å². The van der Waals surface area contributed by atoms with Gasteiger partial charge in [0.2, 0.25) is 16.0 Å². The van der Waals surface area contributed by atoms with Crippen molar-refractivity contribution in [3.63, 3.8) is 0 Å². The van der Waals surface area contributed by atoms with E-state index in [1.165, 1.54) is 26.1 Å². The molecule has 39 heavy (non-hydrogen) atoms. The number of anilines is 4. The van der Waals surface area contributed by atoms with Gasteiger partial charge in [-0.25, -0.2) is 22.2 Å². The van der Waals surface area contributed by atoms with Gasteiger partial charge in [-0.05, 0) is 55.4 Å². The third kappa shape index (κ3) is 6.75. The van der Waals surface area contributed by atoms with Gasteiger partial charge in [0.15, 0.2) is 0 Å². The van der Waals surface area contributed by atoms with Crippen LogP contribution in [0.2, 0.25) is 0 Å². The highest BCUT2D eigenvalue weighted by Crippen LogP contribution is 2.54. The van der Waals surface area contributed by atoms with Crippen molar-refractivity contribution >= 4 is 39.1 Å². The summed E-state index contributed by atoms with van der Waals surface area (Å²) in [5, 5.41) is 2.74. The maximum absolute atomic E-state index is 13.6. The zero-order valence-electron chi connectivity index (χ0n) is 22.0. The lowest BCUT2D eigenvalue weighted by Gasteiger charge is -2.35. The molecule has 0 bridgehead atoms. The molecule has 3 fully saturated rings. The van der Waals surface area contributed by atoms with Crippen molar-refractivity contribution in [1.82, 2.24) is 9.97 Å². The summed E-state index contributed by atoms with van der Waals surface area (Å²) >= 11 is 0. The second kappa shape index (κ2) is 10.8. The number of rotatable bonds is 9. The number of piperidine rings is 2. The topological polar surface area (TPSA) is 117 Å². The number of sulfonamides is 1. The number of carbonyl (C=O) groups excluding carboxylic acids is 1. The Hall–Kier alpha value is -3.06.